The standard InChI is InChI=1S/C17H17BrN2O2/c18-14-9-4-5-10-15(14)20-16(21)11-6-12-19-17(22)13-7-2-1-3-8-13/h1-5,7-10H,6,11-12H2,(H,19,22)(H,20,21). The zero-order valence-electron chi connectivity index (χ0n) is 12.0. The third kappa shape index (κ3) is 5.00. The maximum Gasteiger partial charge on any atom is 0.251 e. The zero-order valence-corrected chi connectivity index (χ0v) is 13.6. The number of para-hydroxylation sites is 1. The fourth-order valence-corrected chi connectivity index (χ4v) is 2.30. The van der Waals surface area contributed by atoms with E-state index in [1.807, 2.05) is 42.5 Å². The van der Waals surface area contributed by atoms with Gasteiger partial charge in [0.15, 0.2) is 0 Å². The van der Waals surface area contributed by atoms with Gasteiger partial charge in [-0.2, -0.15) is 0 Å². The molecule has 0 bridgehead atoms. The SMILES string of the molecule is O=C(CCCNC(=O)c1ccccc1)Nc1ccccc1Br. The Morgan fingerprint density at radius 1 is 0.955 bits per heavy atom. The van der Waals surface area contributed by atoms with E-state index in [2.05, 4.69) is 26.6 Å². The van der Waals surface area contributed by atoms with E-state index >= 15 is 0 Å². The van der Waals surface area contributed by atoms with Crippen molar-refractivity contribution in [3.63, 3.8) is 0 Å². The fourth-order valence-electron chi connectivity index (χ4n) is 1.92. The minimum atomic E-state index is -0.119. The van der Waals surface area contributed by atoms with Crippen LogP contribution in [0.4, 0.5) is 5.69 Å². The van der Waals surface area contributed by atoms with E-state index in [-0.39, 0.29) is 11.8 Å². The van der Waals surface area contributed by atoms with Crippen molar-refractivity contribution in [2.75, 3.05) is 11.9 Å². The molecule has 0 radical (unpaired) electrons. The van der Waals surface area contributed by atoms with Gasteiger partial charge >= 0.3 is 0 Å². The van der Waals surface area contributed by atoms with E-state index < -0.39 is 0 Å². The van der Waals surface area contributed by atoms with Gasteiger partial charge in [-0.15, -0.1) is 0 Å². The molecule has 0 aliphatic heterocycles. The van der Waals surface area contributed by atoms with Gasteiger partial charge in [0.05, 0.1) is 5.69 Å². The Kier molecular flexibility index (Phi) is 6.15. The molecule has 2 N–H and O–H groups in total. The average molecular weight is 361 g/mol. The lowest BCUT2D eigenvalue weighted by Gasteiger charge is -2.08. The maximum atomic E-state index is 11.8. The Labute approximate surface area is 138 Å². The van der Waals surface area contributed by atoms with Crippen LogP contribution >= 0.6 is 15.9 Å². The summed E-state index contributed by atoms with van der Waals surface area (Å²) < 4.78 is 0.848. The van der Waals surface area contributed by atoms with Gasteiger partial charge in [-0.25, -0.2) is 0 Å². The van der Waals surface area contributed by atoms with Crippen LogP contribution in [-0.2, 0) is 4.79 Å². The highest BCUT2D eigenvalue weighted by molar-refractivity contribution is 9.10. The lowest BCUT2D eigenvalue weighted by atomic mass is 10.2. The van der Waals surface area contributed by atoms with E-state index in [0.717, 1.165) is 10.2 Å². The molecule has 0 fully saturated rings. The predicted octanol–water partition coefficient (Wildman–Crippen LogP) is 3.60. The van der Waals surface area contributed by atoms with Crippen molar-refractivity contribution in [2.45, 2.75) is 12.8 Å². The van der Waals surface area contributed by atoms with Gasteiger partial charge in [-0.05, 0) is 46.6 Å². The summed E-state index contributed by atoms with van der Waals surface area (Å²) in [6, 6.07) is 16.5. The second-order valence-electron chi connectivity index (χ2n) is 4.75. The number of rotatable bonds is 6. The Hall–Kier alpha value is -2.14. The van der Waals surface area contributed by atoms with Crippen molar-refractivity contribution in [3.05, 3.63) is 64.6 Å². The molecule has 0 aromatic heterocycles. The van der Waals surface area contributed by atoms with Crippen LogP contribution in [0.15, 0.2) is 59.1 Å². The van der Waals surface area contributed by atoms with Gasteiger partial charge in [0, 0.05) is 23.0 Å². The summed E-state index contributed by atoms with van der Waals surface area (Å²) in [4.78, 5) is 23.6. The number of hydrogen-bond acceptors (Lipinski definition) is 2. The number of benzene rings is 2. The molecule has 0 heterocycles. The highest BCUT2D eigenvalue weighted by Gasteiger charge is 2.06. The lowest BCUT2D eigenvalue weighted by molar-refractivity contribution is -0.116. The number of carbonyl (C=O) groups is 2. The van der Waals surface area contributed by atoms with Crippen LogP contribution < -0.4 is 10.6 Å². The highest BCUT2D eigenvalue weighted by Crippen LogP contribution is 2.21. The number of halogens is 1. The Morgan fingerprint density at radius 2 is 1.64 bits per heavy atom. The van der Waals surface area contributed by atoms with Gasteiger partial charge in [0.2, 0.25) is 5.91 Å². The minimum Gasteiger partial charge on any atom is -0.352 e. The third-order valence-corrected chi connectivity index (χ3v) is 3.74. The van der Waals surface area contributed by atoms with E-state index in [0.29, 0.717) is 24.9 Å². The first kappa shape index (κ1) is 16.2. The topological polar surface area (TPSA) is 58.2 Å². The van der Waals surface area contributed by atoms with Crippen LogP contribution in [0.2, 0.25) is 0 Å². The van der Waals surface area contributed by atoms with Crippen LogP contribution in [0.25, 0.3) is 0 Å². The molecule has 2 aromatic rings. The second-order valence-corrected chi connectivity index (χ2v) is 5.61. The largest absolute Gasteiger partial charge is 0.352 e. The molecule has 4 nitrogen and oxygen atoms in total. The van der Waals surface area contributed by atoms with Crippen LogP contribution in [0.1, 0.15) is 23.2 Å². The molecule has 22 heavy (non-hydrogen) atoms. The van der Waals surface area contributed by atoms with Gasteiger partial charge in [-0.3, -0.25) is 9.59 Å². The average Bonchev–Trinajstić information content (AvgIpc) is 2.54. The van der Waals surface area contributed by atoms with Crippen LogP contribution in [0, 0.1) is 0 Å². The Morgan fingerprint density at radius 3 is 2.36 bits per heavy atom. The molecule has 0 spiro atoms. The fraction of sp³-hybridized carbons (Fsp3) is 0.176. The monoisotopic (exact) mass is 360 g/mol. The van der Waals surface area contributed by atoms with E-state index in [9.17, 15) is 9.59 Å². The molecular formula is C17H17BrN2O2. The summed E-state index contributed by atoms with van der Waals surface area (Å²) in [5.74, 6) is -0.187. The van der Waals surface area contributed by atoms with Gasteiger partial charge in [-0.1, -0.05) is 30.3 Å². The molecule has 2 amide bonds. The number of nitrogens with one attached hydrogen (secondary N) is 2. The molecule has 0 saturated heterocycles. The van der Waals surface area contributed by atoms with Crippen LogP contribution in [0.5, 0.6) is 0 Å². The van der Waals surface area contributed by atoms with Crippen molar-refractivity contribution in [1.82, 2.24) is 5.32 Å². The first-order valence-electron chi connectivity index (χ1n) is 7.04. The second kappa shape index (κ2) is 8.34. The summed E-state index contributed by atoms with van der Waals surface area (Å²) in [6.07, 6.45) is 0.950. The highest BCUT2D eigenvalue weighted by atomic mass is 79.9. The van der Waals surface area contributed by atoms with Crippen molar-refractivity contribution in [1.29, 1.82) is 0 Å². The normalized spacial score (nSPS) is 10.0. The van der Waals surface area contributed by atoms with Gasteiger partial charge < -0.3 is 10.6 Å². The number of carbonyl (C=O) groups excluding carboxylic acids is 2. The van der Waals surface area contributed by atoms with Gasteiger partial charge in [0.25, 0.3) is 5.91 Å². The van der Waals surface area contributed by atoms with Crippen LogP contribution in [-0.4, -0.2) is 18.4 Å². The summed E-state index contributed by atoms with van der Waals surface area (Å²) in [6.45, 7) is 0.469. The molecule has 5 heteroatoms. The zero-order chi connectivity index (χ0) is 15.8. The molecule has 2 rings (SSSR count). The molecular weight excluding hydrogens is 344 g/mol. The molecule has 0 saturated carbocycles. The molecule has 0 aliphatic carbocycles. The number of amides is 2. The maximum absolute atomic E-state index is 11.8. The lowest BCUT2D eigenvalue weighted by Crippen LogP contribution is -2.25. The summed E-state index contributed by atoms with van der Waals surface area (Å²) in [5.41, 5.74) is 1.38. The minimum absolute atomic E-state index is 0.0686. The van der Waals surface area contributed by atoms with E-state index in [1.54, 1.807) is 12.1 Å². The number of hydrogen-bond donors (Lipinski definition) is 2. The molecule has 2 aromatic carbocycles. The Bertz CT molecular complexity index is 644. The summed E-state index contributed by atoms with van der Waals surface area (Å²) in [7, 11) is 0. The first-order chi connectivity index (χ1) is 10.7. The molecule has 0 atom stereocenters. The van der Waals surface area contributed by atoms with Crippen LogP contribution in [0.3, 0.4) is 0 Å². The molecule has 114 valence electrons. The quantitative estimate of drug-likeness (QED) is 0.773. The summed E-state index contributed by atoms with van der Waals surface area (Å²) in [5, 5.41) is 5.63. The predicted molar refractivity (Wildman–Crippen MR) is 90.8 cm³/mol. The van der Waals surface area contributed by atoms with Crippen molar-refractivity contribution in [3.8, 4) is 0 Å². The molecule has 0 aliphatic rings. The summed E-state index contributed by atoms with van der Waals surface area (Å²) >= 11 is 3.38. The smallest absolute Gasteiger partial charge is 0.251 e. The van der Waals surface area contributed by atoms with E-state index in [4.69, 9.17) is 0 Å². The Balaban J connectivity index is 1.69. The van der Waals surface area contributed by atoms with E-state index in [1.165, 1.54) is 0 Å². The van der Waals surface area contributed by atoms with Crippen molar-refractivity contribution >= 4 is 33.4 Å². The first-order valence-corrected chi connectivity index (χ1v) is 7.84. The van der Waals surface area contributed by atoms with Crippen molar-refractivity contribution < 1.29 is 9.59 Å². The van der Waals surface area contributed by atoms with Gasteiger partial charge in [0.1, 0.15) is 0 Å². The number of anilines is 1. The third-order valence-electron chi connectivity index (χ3n) is 3.05. The molecule has 0 unspecified atom stereocenters. The van der Waals surface area contributed by atoms with Crippen molar-refractivity contribution in [2.24, 2.45) is 0 Å².